The molecule has 1 aliphatic rings. The lowest BCUT2D eigenvalue weighted by Crippen LogP contribution is -2.41. The Kier molecular flexibility index (Phi) is 5.83. The quantitative estimate of drug-likeness (QED) is 0.668. The SMILES string of the molecule is CC(C)(C)CC(=O)N1CCCC(c2nc3c(nnn3Cc3cccc(Cl)c3)c(=O)[nH]2)C1. The first-order valence-electron chi connectivity index (χ1n) is 10.6. The van der Waals surface area contributed by atoms with Gasteiger partial charge in [-0.3, -0.25) is 9.59 Å². The van der Waals surface area contributed by atoms with Gasteiger partial charge in [0.25, 0.3) is 5.56 Å². The van der Waals surface area contributed by atoms with E-state index >= 15 is 0 Å². The molecule has 0 spiro atoms. The lowest BCUT2D eigenvalue weighted by Gasteiger charge is -2.34. The molecule has 1 aliphatic heterocycles. The summed E-state index contributed by atoms with van der Waals surface area (Å²) in [7, 11) is 0. The third kappa shape index (κ3) is 4.95. The van der Waals surface area contributed by atoms with Crippen molar-refractivity contribution in [2.24, 2.45) is 5.41 Å². The first-order valence-corrected chi connectivity index (χ1v) is 10.9. The number of aromatic nitrogens is 5. The highest BCUT2D eigenvalue weighted by atomic mass is 35.5. The monoisotopic (exact) mass is 442 g/mol. The van der Waals surface area contributed by atoms with Gasteiger partial charge in [0.2, 0.25) is 5.91 Å². The van der Waals surface area contributed by atoms with Crippen LogP contribution in [-0.4, -0.2) is 48.9 Å². The maximum Gasteiger partial charge on any atom is 0.281 e. The summed E-state index contributed by atoms with van der Waals surface area (Å²) >= 11 is 6.09. The van der Waals surface area contributed by atoms with Crippen molar-refractivity contribution < 1.29 is 4.79 Å². The maximum atomic E-state index is 12.7. The molecule has 0 aliphatic carbocycles. The van der Waals surface area contributed by atoms with Crippen molar-refractivity contribution >= 4 is 28.7 Å². The molecule has 1 unspecified atom stereocenters. The van der Waals surface area contributed by atoms with E-state index in [0.717, 1.165) is 24.9 Å². The third-order valence-electron chi connectivity index (χ3n) is 5.46. The minimum atomic E-state index is -0.310. The standard InChI is InChI=1S/C22H27ClN6O2/c1-22(2,3)11-17(30)28-9-5-7-15(13-28)19-24-20-18(21(31)25-19)26-27-29(20)12-14-6-4-8-16(23)10-14/h4,6,8,10,15H,5,7,9,11-13H2,1-3H3,(H,24,25,31). The lowest BCUT2D eigenvalue weighted by atomic mass is 9.90. The summed E-state index contributed by atoms with van der Waals surface area (Å²) in [5, 5.41) is 8.78. The Morgan fingerprint density at radius 2 is 2.13 bits per heavy atom. The van der Waals surface area contributed by atoms with E-state index in [4.69, 9.17) is 16.6 Å². The molecule has 3 heterocycles. The molecule has 0 saturated carbocycles. The number of aromatic amines is 1. The number of hydrogen-bond donors (Lipinski definition) is 1. The molecule has 1 atom stereocenters. The van der Waals surface area contributed by atoms with Crippen molar-refractivity contribution in [1.82, 2.24) is 29.9 Å². The summed E-state index contributed by atoms with van der Waals surface area (Å²) in [4.78, 5) is 34.8. The molecule has 1 fully saturated rings. The van der Waals surface area contributed by atoms with Crippen molar-refractivity contribution in [1.29, 1.82) is 0 Å². The number of hydrogen-bond acceptors (Lipinski definition) is 5. The maximum absolute atomic E-state index is 12.7. The summed E-state index contributed by atoms with van der Waals surface area (Å²) in [5.41, 5.74) is 1.22. The third-order valence-corrected chi connectivity index (χ3v) is 5.69. The summed E-state index contributed by atoms with van der Waals surface area (Å²) < 4.78 is 1.62. The van der Waals surface area contributed by atoms with Gasteiger partial charge in [0.1, 0.15) is 5.82 Å². The average molecular weight is 443 g/mol. The number of nitrogens with one attached hydrogen (secondary N) is 1. The largest absolute Gasteiger partial charge is 0.342 e. The number of carbonyl (C=O) groups is 1. The Bertz CT molecular complexity index is 1160. The molecule has 3 aromatic rings. The number of halogens is 1. The van der Waals surface area contributed by atoms with E-state index in [-0.39, 0.29) is 28.3 Å². The Labute approximate surface area is 185 Å². The van der Waals surface area contributed by atoms with E-state index in [0.29, 0.717) is 36.0 Å². The molecule has 0 bridgehead atoms. The fourth-order valence-electron chi connectivity index (χ4n) is 3.98. The zero-order valence-electron chi connectivity index (χ0n) is 18.1. The first-order chi connectivity index (χ1) is 14.7. The van der Waals surface area contributed by atoms with Gasteiger partial charge in [-0.05, 0) is 36.0 Å². The minimum Gasteiger partial charge on any atom is -0.342 e. The van der Waals surface area contributed by atoms with E-state index in [1.165, 1.54) is 0 Å². The van der Waals surface area contributed by atoms with Crippen LogP contribution >= 0.6 is 11.6 Å². The van der Waals surface area contributed by atoms with Crippen LogP contribution in [-0.2, 0) is 11.3 Å². The van der Waals surface area contributed by atoms with Crippen molar-refractivity contribution in [2.45, 2.75) is 52.5 Å². The number of amides is 1. The molecular weight excluding hydrogens is 416 g/mol. The summed E-state index contributed by atoms with van der Waals surface area (Å²) in [5.74, 6) is 0.706. The molecule has 164 valence electrons. The number of piperidine rings is 1. The van der Waals surface area contributed by atoms with Crippen LogP contribution in [0.25, 0.3) is 11.2 Å². The van der Waals surface area contributed by atoms with E-state index in [2.05, 4.69) is 36.1 Å². The van der Waals surface area contributed by atoms with Crippen LogP contribution in [0.15, 0.2) is 29.1 Å². The van der Waals surface area contributed by atoms with Gasteiger partial charge in [0, 0.05) is 30.5 Å². The highest BCUT2D eigenvalue weighted by molar-refractivity contribution is 6.30. The highest BCUT2D eigenvalue weighted by Crippen LogP contribution is 2.27. The lowest BCUT2D eigenvalue weighted by molar-refractivity contribution is -0.134. The zero-order chi connectivity index (χ0) is 22.2. The number of rotatable bonds is 4. The Hall–Kier alpha value is -2.74. The van der Waals surface area contributed by atoms with E-state index in [1.54, 1.807) is 10.7 Å². The van der Waals surface area contributed by atoms with Crippen LogP contribution in [0.2, 0.25) is 5.02 Å². The predicted octanol–water partition coefficient (Wildman–Crippen LogP) is 3.36. The topological polar surface area (TPSA) is 96.8 Å². The predicted molar refractivity (Wildman–Crippen MR) is 119 cm³/mol. The van der Waals surface area contributed by atoms with Gasteiger partial charge in [-0.15, -0.1) is 5.10 Å². The average Bonchev–Trinajstić information content (AvgIpc) is 3.10. The van der Waals surface area contributed by atoms with Crippen LogP contribution < -0.4 is 5.56 Å². The van der Waals surface area contributed by atoms with Crippen molar-refractivity contribution in [3.8, 4) is 0 Å². The van der Waals surface area contributed by atoms with Crippen LogP contribution in [0, 0.1) is 5.41 Å². The number of likely N-dealkylation sites (tertiary alicyclic amines) is 1. The number of carbonyl (C=O) groups excluding carboxylic acids is 1. The van der Waals surface area contributed by atoms with Crippen LogP contribution in [0.1, 0.15) is 57.3 Å². The highest BCUT2D eigenvalue weighted by Gasteiger charge is 2.29. The van der Waals surface area contributed by atoms with Crippen LogP contribution in [0.5, 0.6) is 0 Å². The normalized spacial score (nSPS) is 17.3. The second-order valence-corrected chi connectivity index (χ2v) is 9.85. The first kappa shape index (κ1) is 21.5. The van der Waals surface area contributed by atoms with E-state index in [1.807, 2.05) is 23.1 Å². The molecule has 1 saturated heterocycles. The molecule has 31 heavy (non-hydrogen) atoms. The molecule has 0 radical (unpaired) electrons. The Morgan fingerprint density at radius 1 is 1.32 bits per heavy atom. The number of H-pyrrole nitrogens is 1. The van der Waals surface area contributed by atoms with Crippen molar-refractivity contribution in [3.05, 3.63) is 51.0 Å². The summed E-state index contributed by atoms with van der Waals surface area (Å²) in [6.45, 7) is 7.90. The minimum absolute atomic E-state index is 0.0238. The fraction of sp³-hybridized carbons (Fsp3) is 0.500. The Balaban J connectivity index is 1.60. The summed E-state index contributed by atoms with van der Waals surface area (Å²) in [6.07, 6.45) is 2.24. The fourth-order valence-corrected chi connectivity index (χ4v) is 4.20. The van der Waals surface area contributed by atoms with Gasteiger partial charge in [-0.1, -0.05) is 49.7 Å². The van der Waals surface area contributed by atoms with Crippen molar-refractivity contribution in [2.75, 3.05) is 13.1 Å². The molecular formula is C22H27ClN6O2. The van der Waals surface area contributed by atoms with Gasteiger partial charge < -0.3 is 9.88 Å². The van der Waals surface area contributed by atoms with Crippen LogP contribution in [0.3, 0.4) is 0 Å². The number of benzene rings is 1. The molecule has 1 amide bonds. The number of nitrogens with zero attached hydrogens (tertiary/aromatic N) is 5. The molecule has 4 rings (SSSR count). The van der Waals surface area contributed by atoms with Gasteiger partial charge in [0.15, 0.2) is 11.2 Å². The number of fused-ring (bicyclic) bond motifs is 1. The van der Waals surface area contributed by atoms with E-state index < -0.39 is 0 Å². The van der Waals surface area contributed by atoms with Crippen molar-refractivity contribution in [3.63, 3.8) is 0 Å². The molecule has 1 aromatic carbocycles. The van der Waals surface area contributed by atoms with Gasteiger partial charge in [-0.2, -0.15) is 0 Å². The van der Waals surface area contributed by atoms with Crippen LogP contribution in [0.4, 0.5) is 0 Å². The molecule has 8 nitrogen and oxygen atoms in total. The second kappa shape index (κ2) is 8.42. The zero-order valence-corrected chi connectivity index (χ0v) is 18.8. The molecule has 1 N–H and O–H groups in total. The Morgan fingerprint density at radius 3 is 2.87 bits per heavy atom. The van der Waals surface area contributed by atoms with Gasteiger partial charge >= 0.3 is 0 Å². The van der Waals surface area contributed by atoms with E-state index in [9.17, 15) is 9.59 Å². The van der Waals surface area contributed by atoms with Gasteiger partial charge in [-0.25, -0.2) is 9.67 Å². The smallest absolute Gasteiger partial charge is 0.281 e. The molecule has 9 heteroatoms. The summed E-state index contributed by atoms with van der Waals surface area (Å²) in [6, 6.07) is 7.46. The van der Waals surface area contributed by atoms with Gasteiger partial charge in [0.05, 0.1) is 6.54 Å². The second-order valence-electron chi connectivity index (χ2n) is 9.42. The molecule has 2 aromatic heterocycles.